The molecule has 3 rings (SSSR count). The maximum absolute atomic E-state index is 13.0. The highest BCUT2D eigenvalue weighted by Crippen LogP contribution is 2.18. The highest BCUT2D eigenvalue weighted by Gasteiger charge is 2.25. The number of hydrogen-bond donors (Lipinski definition) is 1. The Bertz CT molecular complexity index is 1120. The molecule has 3 aromatic rings. The van der Waals surface area contributed by atoms with Gasteiger partial charge in [0.2, 0.25) is 5.91 Å². The number of hydrogen-bond acceptors (Lipinski definition) is 4. The Labute approximate surface area is 175 Å². The normalized spacial score (nSPS) is 12.5. The van der Waals surface area contributed by atoms with E-state index in [1.165, 1.54) is 19.1 Å². The van der Waals surface area contributed by atoms with Crippen LogP contribution in [0.2, 0.25) is 0 Å². The SMILES string of the molecule is Cc1nccn1Cc1cccc(CNC(=O)CC(C)S(=O)(=O)c2ccc(F)cc2)c1. The molecule has 30 heavy (non-hydrogen) atoms. The lowest BCUT2D eigenvalue weighted by molar-refractivity contribution is -0.121. The molecule has 1 N–H and O–H groups in total. The van der Waals surface area contributed by atoms with E-state index in [-0.39, 0.29) is 17.2 Å². The topological polar surface area (TPSA) is 81.1 Å². The van der Waals surface area contributed by atoms with Crippen LogP contribution in [0.15, 0.2) is 65.8 Å². The van der Waals surface area contributed by atoms with Gasteiger partial charge < -0.3 is 9.88 Å². The smallest absolute Gasteiger partial charge is 0.221 e. The van der Waals surface area contributed by atoms with Crippen LogP contribution in [-0.2, 0) is 27.7 Å². The van der Waals surface area contributed by atoms with Crippen LogP contribution in [0.1, 0.15) is 30.3 Å². The quantitative estimate of drug-likeness (QED) is 0.558. The van der Waals surface area contributed by atoms with Gasteiger partial charge in [0.05, 0.1) is 10.1 Å². The minimum Gasteiger partial charge on any atom is -0.352 e. The lowest BCUT2D eigenvalue weighted by Gasteiger charge is -2.13. The van der Waals surface area contributed by atoms with E-state index >= 15 is 0 Å². The second-order valence-electron chi connectivity index (χ2n) is 7.21. The number of nitrogens with zero attached hydrogens (tertiary/aromatic N) is 2. The molecule has 2 aromatic carbocycles. The van der Waals surface area contributed by atoms with Gasteiger partial charge in [0.15, 0.2) is 9.84 Å². The van der Waals surface area contributed by atoms with Crippen molar-refractivity contribution in [3.63, 3.8) is 0 Å². The van der Waals surface area contributed by atoms with E-state index in [1.807, 2.05) is 42.0 Å². The predicted octanol–water partition coefficient (Wildman–Crippen LogP) is 3.25. The Morgan fingerprint density at radius 2 is 1.87 bits per heavy atom. The predicted molar refractivity (Wildman–Crippen MR) is 112 cm³/mol. The van der Waals surface area contributed by atoms with Gasteiger partial charge in [0.25, 0.3) is 0 Å². The van der Waals surface area contributed by atoms with Crippen LogP contribution in [0.25, 0.3) is 0 Å². The Morgan fingerprint density at radius 1 is 1.17 bits per heavy atom. The molecule has 1 heterocycles. The fourth-order valence-electron chi connectivity index (χ4n) is 3.11. The first-order valence-corrected chi connectivity index (χ1v) is 11.1. The lowest BCUT2D eigenvalue weighted by Crippen LogP contribution is -2.29. The number of imidazole rings is 1. The number of rotatable bonds is 8. The Kier molecular flexibility index (Phi) is 6.66. The molecule has 0 saturated carbocycles. The minimum atomic E-state index is -3.71. The zero-order chi connectivity index (χ0) is 21.7. The summed E-state index contributed by atoms with van der Waals surface area (Å²) in [4.78, 5) is 16.5. The van der Waals surface area contributed by atoms with Crippen LogP contribution in [0.5, 0.6) is 0 Å². The molecule has 0 radical (unpaired) electrons. The number of carbonyl (C=O) groups excluding carboxylic acids is 1. The van der Waals surface area contributed by atoms with Gasteiger partial charge in [-0.3, -0.25) is 4.79 Å². The molecule has 0 aliphatic heterocycles. The third-order valence-electron chi connectivity index (χ3n) is 4.90. The van der Waals surface area contributed by atoms with E-state index in [0.29, 0.717) is 13.1 Å². The number of nitrogens with one attached hydrogen (secondary N) is 1. The average Bonchev–Trinajstić information content (AvgIpc) is 3.11. The molecule has 1 amide bonds. The molecule has 0 spiro atoms. The number of carbonyl (C=O) groups is 1. The van der Waals surface area contributed by atoms with Crippen LogP contribution in [0, 0.1) is 12.7 Å². The van der Waals surface area contributed by atoms with Crippen molar-refractivity contribution in [2.24, 2.45) is 0 Å². The Balaban J connectivity index is 1.57. The summed E-state index contributed by atoms with van der Waals surface area (Å²) < 4.78 is 40.2. The first-order chi connectivity index (χ1) is 14.3. The molecule has 0 aliphatic rings. The standard InChI is InChI=1S/C22H24FN3O3S/c1-16(30(28,29)21-8-6-20(23)7-9-21)12-22(27)25-14-18-4-3-5-19(13-18)15-26-11-10-24-17(26)2/h3-11,13,16H,12,14-15H2,1-2H3,(H,25,27). The molecule has 1 aromatic heterocycles. The molecule has 0 fully saturated rings. The molecule has 158 valence electrons. The summed E-state index contributed by atoms with van der Waals surface area (Å²) in [7, 11) is -3.71. The molecule has 0 aliphatic carbocycles. The van der Waals surface area contributed by atoms with Crippen LogP contribution < -0.4 is 5.32 Å². The van der Waals surface area contributed by atoms with Crippen LogP contribution in [0.3, 0.4) is 0 Å². The van der Waals surface area contributed by atoms with Crippen molar-refractivity contribution >= 4 is 15.7 Å². The van der Waals surface area contributed by atoms with Crippen molar-refractivity contribution in [3.05, 3.63) is 83.7 Å². The number of sulfone groups is 1. The van der Waals surface area contributed by atoms with Gasteiger partial charge in [-0.1, -0.05) is 24.3 Å². The summed E-state index contributed by atoms with van der Waals surface area (Å²) in [5.41, 5.74) is 2.00. The summed E-state index contributed by atoms with van der Waals surface area (Å²) in [5.74, 6) is 0.0545. The van der Waals surface area contributed by atoms with Crippen molar-refractivity contribution in [1.82, 2.24) is 14.9 Å². The number of halogens is 1. The highest BCUT2D eigenvalue weighted by atomic mass is 32.2. The molecule has 0 saturated heterocycles. The second kappa shape index (κ2) is 9.21. The summed E-state index contributed by atoms with van der Waals surface area (Å²) >= 11 is 0. The Hall–Kier alpha value is -3.00. The van der Waals surface area contributed by atoms with E-state index < -0.39 is 20.9 Å². The average molecular weight is 430 g/mol. The minimum absolute atomic E-state index is 0.00620. The zero-order valence-corrected chi connectivity index (χ0v) is 17.7. The van der Waals surface area contributed by atoms with E-state index in [0.717, 1.165) is 29.1 Å². The van der Waals surface area contributed by atoms with Crippen molar-refractivity contribution in [1.29, 1.82) is 0 Å². The summed E-state index contributed by atoms with van der Waals surface area (Å²) in [6.45, 7) is 4.40. The first-order valence-electron chi connectivity index (χ1n) is 9.57. The second-order valence-corrected chi connectivity index (χ2v) is 9.58. The van der Waals surface area contributed by atoms with Gasteiger partial charge in [-0.25, -0.2) is 17.8 Å². The van der Waals surface area contributed by atoms with E-state index in [4.69, 9.17) is 0 Å². The third kappa shape index (κ3) is 5.33. The molecule has 8 heteroatoms. The molecule has 0 bridgehead atoms. The number of aromatic nitrogens is 2. The molecule has 1 atom stereocenters. The Morgan fingerprint density at radius 3 is 2.53 bits per heavy atom. The monoisotopic (exact) mass is 429 g/mol. The van der Waals surface area contributed by atoms with Gasteiger partial charge in [0.1, 0.15) is 11.6 Å². The third-order valence-corrected chi connectivity index (χ3v) is 7.06. The van der Waals surface area contributed by atoms with Gasteiger partial charge in [-0.15, -0.1) is 0 Å². The van der Waals surface area contributed by atoms with Gasteiger partial charge in [-0.05, 0) is 49.2 Å². The molecule has 6 nitrogen and oxygen atoms in total. The fourth-order valence-corrected chi connectivity index (χ4v) is 4.46. The zero-order valence-electron chi connectivity index (χ0n) is 16.9. The first kappa shape index (κ1) is 21.7. The number of benzene rings is 2. The van der Waals surface area contributed by atoms with Crippen LogP contribution in [0.4, 0.5) is 4.39 Å². The van der Waals surface area contributed by atoms with Crippen molar-refractivity contribution < 1.29 is 17.6 Å². The fraction of sp³-hybridized carbons (Fsp3) is 0.273. The lowest BCUT2D eigenvalue weighted by atomic mass is 10.1. The van der Waals surface area contributed by atoms with Crippen molar-refractivity contribution in [2.45, 2.75) is 43.5 Å². The summed E-state index contributed by atoms with van der Waals surface area (Å²) in [6, 6.07) is 12.4. The van der Waals surface area contributed by atoms with E-state index in [9.17, 15) is 17.6 Å². The molecule has 1 unspecified atom stereocenters. The maximum atomic E-state index is 13.0. The maximum Gasteiger partial charge on any atom is 0.221 e. The summed E-state index contributed by atoms with van der Waals surface area (Å²) in [6.07, 6.45) is 3.49. The van der Waals surface area contributed by atoms with Crippen molar-refractivity contribution in [2.75, 3.05) is 0 Å². The van der Waals surface area contributed by atoms with Gasteiger partial charge in [-0.2, -0.15) is 0 Å². The number of amides is 1. The van der Waals surface area contributed by atoms with Gasteiger partial charge >= 0.3 is 0 Å². The highest BCUT2D eigenvalue weighted by molar-refractivity contribution is 7.92. The largest absolute Gasteiger partial charge is 0.352 e. The van der Waals surface area contributed by atoms with E-state index in [1.54, 1.807) is 6.20 Å². The van der Waals surface area contributed by atoms with Crippen molar-refractivity contribution in [3.8, 4) is 0 Å². The summed E-state index contributed by atoms with van der Waals surface area (Å²) in [5, 5.41) is 1.86. The number of aryl methyl sites for hydroxylation is 1. The van der Waals surface area contributed by atoms with Gasteiger partial charge in [0, 0.05) is 31.9 Å². The molecular formula is C22H24FN3O3S. The van der Waals surface area contributed by atoms with E-state index in [2.05, 4.69) is 10.3 Å². The van der Waals surface area contributed by atoms with Crippen LogP contribution >= 0.6 is 0 Å². The molecular weight excluding hydrogens is 405 g/mol. The van der Waals surface area contributed by atoms with Crippen LogP contribution in [-0.4, -0.2) is 29.1 Å².